The van der Waals surface area contributed by atoms with Crippen LogP contribution in [0.25, 0.3) is 0 Å². The second-order valence-electron chi connectivity index (χ2n) is 6.87. The van der Waals surface area contributed by atoms with Gasteiger partial charge < -0.3 is 14.9 Å². The SMILES string of the molecule is CCC1C[C@H]2[C@@H](C1)c1cc(O)ccc1O[C@H]2c1ccc(O)cc1. The fourth-order valence-corrected chi connectivity index (χ4v) is 4.34. The molecule has 3 nitrogen and oxygen atoms in total. The maximum atomic E-state index is 9.86. The van der Waals surface area contributed by atoms with E-state index in [9.17, 15) is 10.2 Å². The Morgan fingerprint density at radius 2 is 1.74 bits per heavy atom. The first kappa shape index (κ1) is 14.4. The summed E-state index contributed by atoms with van der Waals surface area (Å²) in [6, 6.07) is 12.8. The lowest BCUT2D eigenvalue weighted by molar-refractivity contribution is 0.103. The van der Waals surface area contributed by atoms with Crippen LogP contribution < -0.4 is 4.74 Å². The van der Waals surface area contributed by atoms with Crippen LogP contribution >= 0.6 is 0 Å². The smallest absolute Gasteiger partial charge is 0.127 e. The highest BCUT2D eigenvalue weighted by Crippen LogP contribution is 2.56. The largest absolute Gasteiger partial charge is 0.508 e. The summed E-state index contributed by atoms with van der Waals surface area (Å²) >= 11 is 0. The second kappa shape index (κ2) is 5.48. The number of ether oxygens (including phenoxy) is 1. The summed E-state index contributed by atoms with van der Waals surface area (Å²) in [5, 5.41) is 19.4. The minimum atomic E-state index is 0.0224. The average Bonchev–Trinajstić information content (AvgIpc) is 3.00. The molecule has 3 heteroatoms. The number of benzene rings is 2. The van der Waals surface area contributed by atoms with Gasteiger partial charge in [0.25, 0.3) is 0 Å². The van der Waals surface area contributed by atoms with Crippen LogP contribution in [0, 0.1) is 11.8 Å². The van der Waals surface area contributed by atoms with E-state index < -0.39 is 0 Å². The van der Waals surface area contributed by atoms with Crippen LogP contribution in [0.4, 0.5) is 0 Å². The van der Waals surface area contributed by atoms with Gasteiger partial charge in [-0.05, 0) is 60.6 Å². The third-order valence-corrected chi connectivity index (χ3v) is 5.54. The first-order chi connectivity index (χ1) is 11.2. The van der Waals surface area contributed by atoms with E-state index in [1.54, 1.807) is 18.2 Å². The molecule has 0 bridgehead atoms. The van der Waals surface area contributed by atoms with E-state index >= 15 is 0 Å². The molecule has 1 heterocycles. The van der Waals surface area contributed by atoms with Gasteiger partial charge in [-0.25, -0.2) is 0 Å². The van der Waals surface area contributed by atoms with E-state index in [0.717, 1.165) is 29.7 Å². The van der Waals surface area contributed by atoms with Crippen molar-refractivity contribution >= 4 is 0 Å². The Morgan fingerprint density at radius 1 is 1.00 bits per heavy atom. The molecule has 23 heavy (non-hydrogen) atoms. The molecule has 0 spiro atoms. The first-order valence-electron chi connectivity index (χ1n) is 8.44. The molecular weight excluding hydrogens is 288 g/mol. The van der Waals surface area contributed by atoms with Gasteiger partial charge in [-0.3, -0.25) is 0 Å². The topological polar surface area (TPSA) is 49.7 Å². The normalized spacial score (nSPS) is 28.7. The molecule has 1 saturated carbocycles. The van der Waals surface area contributed by atoms with Gasteiger partial charge in [0.15, 0.2) is 0 Å². The van der Waals surface area contributed by atoms with E-state index in [1.165, 1.54) is 6.42 Å². The molecule has 4 rings (SSSR count). The van der Waals surface area contributed by atoms with E-state index in [0.29, 0.717) is 23.5 Å². The van der Waals surface area contributed by atoms with Gasteiger partial charge in [-0.1, -0.05) is 25.5 Å². The number of fused-ring (bicyclic) bond motifs is 3. The van der Waals surface area contributed by atoms with Crippen molar-refractivity contribution in [3.8, 4) is 17.2 Å². The standard InChI is InChI=1S/C20H22O3/c1-2-12-9-16-17-11-15(22)7-8-19(17)23-20(18(16)10-12)13-3-5-14(21)6-4-13/h3-8,11-12,16,18,20-22H,2,9-10H2,1H3/t12?,16-,18-,20-/m0/s1. The Balaban J connectivity index is 1.76. The summed E-state index contributed by atoms with van der Waals surface area (Å²) in [5.41, 5.74) is 2.27. The number of phenolic OH excluding ortho intramolecular Hbond substituents is 2. The molecule has 2 aromatic carbocycles. The maximum Gasteiger partial charge on any atom is 0.127 e. The monoisotopic (exact) mass is 310 g/mol. The van der Waals surface area contributed by atoms with Gasteiger partial charge in [-0.2, -0.15) is 0 Å². The van der Waals surface area contributed by atoms with Crippen molar-refractivity contribution in [2.75, 3.05) is 0 Å². The number of phenols is 2. The fourth-order valence-electron chi connectivity index (χ4n) is 4.34. The van der Waals surface area contributed by atoms with Crippen LogP contribution in [0.5, 0.6) is 17.2 Å². The highest BCUT2D eigenvalue weighted by molar-refractivity contribution is 5.46. The molecule has 2 aromatic rings. The highest BCUT2D eigenvalue weighted by Gasteiger charge is 2.45. The maximum absolute atomic E-state index is 9.86. The lowest BCUT2D eigenvalue weighted by atomic mass is 9.80. The number of rotatable bonds is 2. The van der Waals surface area contributed by atoms with Crippen molar-refractivity contribution in [1.82, 2.24) is 0 Å². The number of aromatic hydroxyl groups is 2. The van der Waals surface area contributed by atoms with Crippen molar-refractivity contribution < 1.29 is 14.9 Å². The summed E-state index contributed by atoms with van der Waals surface area (Å²) in [7, 11) is 0. The van der Waals surface area contributed by atoms with Crippen molar-refractivity contribution in [1.29, 1.82) is 0 Å². The first-order valence-corrected chi connectivity index (χ1v) is 8.44. The van der Waals surface area contributed by atoms with E-state index in [-0.39, 0.29) is 11.9 Å². The van der Waals surface area contributed by atoms with Gasteiger partial charge in [0.05, 0.1) is 0 Å². The molecule has 1 aliphatic carbocycles. The number of hydrogen-bond donors (Lipinski definition) is 2. The molecule has 2 N–H and O–H groups in total. The Kier molecular flexibility index (Phi) is 3.44. The molecule has 1 fully saturated rings. The summed E-state index contributed by atoms with van der Waals surface area (Å²) in [5.74, 6) is 3.06. The molecule has 2 aliphatic rings. The van der Waals surface area contributed by atoms with Crippen LogP contribution in [-0.4, -0.2) is 10.2 Å². The Bertz CT molecular complexity index is 707. The van der Waals surface area contributed by atoms with Crippen molar-refractivity contribution in [2.24, 2.45) is 11.8 Å². The van der Waals surface area contributed by atoms with Crippen LogP contribution in [0.2, 0.25) is 0 Å². The third kappa shape index (κ3) is 2.44. The predicted octanol–water partition coefficient (Wildman–Crippen LogP) is 4.75. The van der Waals surface area contributed by atoms with E-state index in [4.69, 9.17) is 4.74 Å². The van der Waals surface area contributed by atoms with Crippen LogP contribution in [-0.2, 0) is 0 Å². The zero-order chi connectivity index (χ0) is 16.0. The Morgan fingerprint density at radius 3 is 2.48 bits per heavy atom. The molecule has 1 aliphatic heterocycles. The van der Waals surface area contributed by atoms with Crippen molar-refractivity contribution in [3.05, 3.63) is 53.6 Å². The Labute approximate surface area is 136 Å². The van der Waals surface area contributed by atoms with Crippen LogP contribution in [0.15, 0.2) is 42.5 Å². The molecule has 4 atom stereocenters. The lowest BCUT2D eigenvalue weighted by Crippen LogP contribution is -2.26. The van der Waals surface area contributed by atoms with E-state index in [2.05, 4.69) is 6.92 Å². The Hall–Kier alpha value is -2.16. The van der Waals surface area contributed by atoms with Gasteiger partial charge in [-0.15, -0.1) is 0 Å². The fraction of sp³-hybridized carbons (Fsp3) is 0.400. The molecular formula is C20H22O3. The minimum absolute atomic E-state index is 0.0224. The van der Waals surface area contributed by atoms with Gasteiger partial charge >= 0.3 is 0 Å². The molecule has 0 radical (unpaired) electrons. The summed E-state index contributed by atoms with van der Waals surface area (Å²) in [6.45, 7) is 2.25. The zero-order valence-corrected chi connectivity index (χ0v) is 13.3. The van der Waals surface area contributed by atoms with Gasteiger partial charge in [0, 0.05) is 11.5 Å². The number of hydrogen-bond acceptors (Lipinski definition) is 3. The van der Waals surface area contributed by atoms with E-state index in [1.807, 2.05) is 24.3 Å². The van der Waals surface area contributed by atoms with Gasteiger partial charge in [0.1, 0.15) is 23.4 Å². The molecule has 0 aromatic heterocycles. The minimum Gasteiger partial charge on any atom is -0.508 e. The molecule has 1 unspecified atom stereocenters. The van der Waals surface area contributed by atoms with Crippen LogP contribution in [0.3, 0.4) is 0 Å². The lowest BCUT2D eigenvalue weighted by Gasteiger charge is -2.36. The molecule has 120 valence electrons. The summed E-state index contributed by atoms with van der Waals surface area (Å²) in [6.07, 6.45) is 3.52. The van der Waals surface area contributed by atoms with Crippen molar-refractivity contribution in [3.63, 3.8) is 0 Å². The predicted molar refractivity (Wildman–Crippen MR) is 88.8 cm³/mol. The quantitative estimate of drug-likeness (QED) is 0.841. The zero-order valence-electron chi connectivity index (χ0n) is 13.3. The van der Waals surface area contributed by atoms with Crippen molar-refractivity contribution in [2.45, 2.75) is 38.2 Å². The van der Waals surface area contributed by atoms with Gasteiger partial charge in [0.2, 0.25) is 0 Å². The summed E-state index contributed by atoms with van der Waals surface area (Å²) in [4.78, 5) is 0. The highest BCUT2D eigenvalue weighted by atomic mass is 16.5. The molecule has 0 amide bonds. The molecule has 0 saturated heterocycles. The third-order valence-electron chi connectivity index (χ3n) is 5.54. The summed E-state index contributed by atoms with van der Waals surface area (Å²) < 4.78 is 6.33. The average molecular weight is 310 g/mol. The van der Waals surface area contributed by atoms with Crippen LogP contribution in [0.1, 0.15) is 49.3 Å². The second-order valence-corrected chi connectivity index (χ2v) is 6.87.